The number of hydrogen-bond acceptors (Lipinski definition) is 5. The van der Waals surface area contributed by atoms with Crippen LogP contribution in [0.3, 0.4) is 0 Å². The number of rotatable bonds is 8. The van der Waals surface area contributed by atoms with Crippen molar-refractivity contribution in [1.29, 1.82) is 0 Å². The summed E-state index contributed by atoms with van der Waals surface area (Å²) >= 11 is 0. The van der Waals surface area contributed by atoms with Gasteiger partial charge in [0.2, 0.25) is 11.8 Å². The lowest BCUT2D eigenvalue weighted by atomic mass is 9.99. The van der Waals surface area contributed by atoms with E-state index >= 15 is 0 Å². The van der Waals surface area contributed by atoms with E-state index in [4.69, 9.17) is 19.6 Å². The maximum Gasteiger partial charge on any atom is 0.248 e. The van der Waals surface area contributed by atoms with Crippen molar-refractivity contribution in [1.82, 2.24) is 0 Å². The predicted octanol–water partition coefficient (Wildman–Crippen LogP) is 5.65. The van der Waals surface area contributed by atoms with Crippen molar-refractivity contribution in [3.63, 3.8) is 0 Å². The van der Waals surface area contributed by atoms with Crippen molar-refractivity contribution >= 4 is 34.0 Å². The number of anilines is 1. The third-order valence-corrected chi connectivity index (χ3v) is 5.56. The second-order valence-corrected chi connectivity index (χ2v) is 7.92. The summed E-state index contributed by atoms with van der Waals surface area (Å²) in [6.07, 6.45) is 3.21. The summed E-state index contributed by atoms with van der Waals surface area (Å²) in [5.74, 6) is 0.490. The Labute approximate surface area is 203 Å². The molecule has 3 N–H and O–H groups in total. The van der Waals surface area contributed by atoms with Gasteiger partial charge in [-0.1, -0.05) is 18.2 Å². The first-order chi connectivity index (χ1) is 16.9. The van der Waals surface area contributed by atoms with Crippen LogP contribution in [-0.2, 0) is 4.79 Å². The number of carbonyl (C=O) groups excluding carboxylic acids is 2. The summed E-state index contributed by atoms with van der Waals surface area (Å²) in [6, 6.07) is 18.0. The van der Waals surface area contributed by atoms with Crippen LogP contribution >= 0.6 is 0 Å². The molecular formula is C28H26N2O5. The summed E-state index contributed by atoms with van der Waals surface area (Å²) in [5, 5.41) is 3.67. The molecule has 0 radical (unpaired) electrons. The van der Waals surface area contributed by atoms with E-state index in [9.17, 15) is 9.59 Å². The number of amides is 2. The maximum atomic E-state index is 12.7. The molecule has 0 spiro atoms. The van der Waals surface area contributed by atoms with Crippen molar-refractivity contribution < 1.29 is 23.5 Å². The Kier molecular flexibility index (Phi) is 6.87. The van der Waals surface area contributed by atoms with Gasteiger partial charge in [-0.15, -0.1) is 0 Å². The van der Waals surface area contributed by atoms with E-state index in [0.29, 0.717) is 34.8 Å². The van der Waals surface area contributed by atoms with Crippen molar-refractivity contribution in [2.75, 3.05) is 19.0 Å². The molecule has 7 heteroatoms. The molecule has 2 amide bonds. The second-order valence-electron chi connectivity index (χ2n) is 7.92. The van der Waals surface area contributed by atoms with Crippen LogP contribution in [0, 0.1) is 0 Å². The topological polar surface area (TPSA) is 104 Å². The smallest absolute Gasteiger partial charge is 0.248 e. The van der Waals surface area contributed by atoms with E-state index in [0.717, 1.165) is 27.8 Å². The first kappa shape index (κ1) is 23.6. The summed E-state index contributed by atoms with van der Waals surface area (Å²) < 4.78 is 16.9. The molecule has 0 aliphatic heterocycles. The van der Waals surface area contributed by atoms with Crippen LogP contribution in [-0.4, -0.2) is 25.5 Å². The van der Waals surface area contributed by atoms with Gasteiger partial charge < -0.3 is 24.9 Å². The number of furan rings is 1. The Morgan fingerprint density at radius 3 is 2.54 bits per heavy atom. The molecule has 0 fully saturated rings. The Balaban J connectivity index is 1.69. The van der Waals surface area contributed by atoms with Gasteiger partial charge in [0.05, 0.1) is 20.0 Å². The van der Waals surface area contributed by atoms with Crippen molar-refractivity contribution in [3.05, 3.63) is 84.1 Å². The van der Waals surface area contributed by atoms with Gasteiger partial charge in [0.15, 0.2) is 0 Å². The Morgan fingerprint density at radius 2 is 1.86 bits per heavy atom. The maximum absolute atomic E-state index is 12.7. The molecule has 0 aliphatic rings. The minimum absolute atomic E-state index is 0.318. The molecule has 7 nitrogen and oxygen atoms in total. The number of primary amides is 1. The fourth-order valence-corrected chi connectivity index (χ4v) is 3.84. The fourth-order valence-electron chi connectivity index (χ4n) is 3.84. The number of benzene rings is 3. The van der Waals surface area contributed by atoms with Gasteiger partial charge in [-0.3, -0.25) is 9.59 Å². The molecule has 0 aliphatic carbocycles. The molecule has 0 atom stereocenters. The molecule has 35 heavy (non-hydrogen) atoms. The average Bonchev–Trinajstić information content (AvgIpc) is 3.26. The van der Waals surface area contributed by atoms with E-state index in [-0.39, 0.29) is 5.91 Å². The largest absolute Gasteiger partial charge is 0.497 e. The number of nitrogens with one attached hydrogen (secondary N) is 1. The van der Waals surface area contributed by atoms with Gasteiger partial charge >= 0.3 is 0 Å². The van der Waals surface area contributed by atoms with Crippen LogP contribution in [0.5, 0.6) is 11.5 Å². The number of allylic oxidation sites excluding steroid dienone is 1. The van der Waals surface area contributed by atoms with Gasteiger partial charge in [-0.25, -0.2) is 0 Å². The minimum atomic E-state index is -0.560. The highest BCUT2D eigenvalue weighted by molar-refractivity contribution is 6.06. The van der Waals surface area contributed by atoms with Crippen molar-refractivity contribution in [2.45, 2.75) is 13.8 Å². The van der Waals surface area contributed by atoms with Crippen LogP contribution in [0.1, 0.15) is 29.8 Å². The van der Waals surface area contributed by atoms with Crippen LogP contribution in [0.25, 0.3) is 27.7 Å². The lowest BCUT2D eigenvalue weighted by molar-refractivity contribution is -0.111. The van der Waals surface area contributed by atoms with Crippen LogP contribution in [0.2, 0.25) is 0 Å². The highest BCUT2D eigenvalue weighted by Gasteiger charge is 2.15. The quantitative estimate of drug-likeness (QED) is 0.324. The third kappa shape index (κ3) is 5.19. The lowest BCUT2D eigenvalue weighted by Gasteiger charge is -2.12. The molecule has 1 heterocycles. The van der Waals surface area contributed by atoms with Crippen LogP contribution < -0.4 is 20.5 Å². The van der Waals surface area contributed by atoms with Gasteiger partial charge in [0, 0.05) is 39.9 Å². The van der Waals surface area contributed by atoms with Crippen molar-refractivity contribution in [3.8, 4) is 22.6 Å². The van der Waals surface area contributed by atoms with Crippen molar-refractivity contribution in [2.24, 2.45) is 5.73 Å². The molecule has 178 valence electrons. The van der Waals surface area contributed by atoms with Gasteiger partial charge in [0.1, 0.15) is 17.1 Å². The predicted molar refractivity (Wildman–Crippen MR) is 137 cm³/mol. The Morgan fingerprint density at radius 1 is 1.09 bits per heavy atom. The van der Waals surface area contributed by atoms with Gasteiger partial charge in [-0.2, -0.15) is 0 Å². The highest BCUT2D eigenvalue weighted by atomic mass is 16.5. The SMILES string of the molecule is CCOc1cc2occ(-c3ccc(OC)cc3)c2cc1/C(C)=C/C(=O)Nc1cccc(C(N)=O)c1. The summed E-state index contributed by atoms with van der Waals surface area (Å²) in [4.78, 5) is 24.2. The zero-order chi connectivity index (χ0) is 24.9. The Hall–Kier alpha value is -4.52. The molecule has 4 rings (SSSR count). The molecule has 3 aromatic carbocycles. The van der Waals surface area contributed by atoms with Gasteiger partial charge in [-0.05, 0) is 61.4 Å². The summed E-state index contributed by atoms with van der Waals surface area (Å²) in [7, 11) is 1.63. The van der Waals surface area contributed by atoms with E-state index in [1.807, 2.05) is 50.2 Å². The zero-order valence-corrected chi connectivity index (χ0v) is 19.8. The monoisotopic (exact) mass is 470 g/mol. The van der Waals surface area contributed by atoms with E-state index < -0.39 is 5.91 Å². The molecule has 4 aromatic rings. The van der Waals surface area contributed by atoms with E-state index in [2.05, 4.69) is 5.32 Å². The number of carbonyl (C=O) groups is 2. The molecule has 1 aromatic heterocycles. The number of ether oxygens (including phenoxy) is 2. The van der Waals surface area contributed by atoms with E-state index in [1.165, 1.54) is 12.1 Å². The first-order valence-electron chi connectivity index (χ1n) is 11.1. The van der Waals surface area contributed by atoms with Gasteiger partial charge in [0.25, 0.3) is 0 Å². The molecule has 0 saturated heterocycles. The normalized spacial score (nSPS) is 11.3. The highest BCUT2D eigenvalue weighted by Crippen LogP contribution is 2.38. The minimum Gasteiger partial charge on any atom is -0.497 e. The fraction of sp³-hybridized carbons (Fsp3) is 0.143. The summed E-state index contributed by atoms with van der Waals surface area (Å²) in [5.41, 5.74) is 10.2. The number of fused-ring (bicyclic) bond motifs is 1. The third-order valence-electron chi connectivity index (χ3n) is 5.56. The summed E-state index contributed by atoms with van der Waals surface area (Å²) in [6.45, 7) is 4.20. The standard InChI is InChI=1S/C28H26N2O5/c1-4-34-25-15-26-23(24(16-35-26)18-8-10-21(33-3)11-9-18)14-22(25)17(2)12-27(31)30-20-7-5-6-19(13-20)28(29)32/h5-16H,4H2,1-3H3,(H2,29,32)(H,30,31)/b17-12+. The number of hydrogen-bond donors (Lipinski definition) is 2. The molecule has 0 saturated carbocycles. The molecule has 0 unspecified atom stereocenters. The molecular weight excluding hydrogens is 444 g/mol. The first-order valence-corrected chi connectivity index (χ1v) is 11.1. The van der Waals surface area contributed by atoms with Crippen LogP contribution in [0.15, 0.2) is 77.4 Å². The lowest BCUT2D eigenvalue weighted by Crippen LogP contribution is -2.13. The number of nitrogens with two attached hydrogens (primary N) is 1. The van der Waals surface area contributed by atoms with Crippen LogP contribution in [0.4, 0.5) is 5.69 Å². The zero-order valence-electron chi connectivity index (χ0n) is 19.8. The van der Waals surface area contributed by atoms with E-state index in [1.54, 1.807) is 31.6 Å². The Bertz CT molecular complexity index is 1420. The second kappa shape index (κ2) is 10.2. The number of methoxy groups -OCH3 is 1. The molecule has 0 bridgehead atoms. The average molecular weight is 471 g/mol.